The van der Waals surface area contributed by atoms with Crippen LogP contribution in [0.2, 0.25) is 0 Å². The van der Waals surface area contributed by atoms with Crippen molar-refractivity contribution in [2.45, 2.75) is 32.2 Å². The molecule has 0 spiro atoms. The second-order valence-corrected chi connectivity index (χ2v) is 5.02. The summed E-state index contributed by atoms with van der Waals surface area (Å²) in [6.07, 6.45) is 1.82. The highest BCUT2D eigenvalue weighted by Crippen LogP contribution is 2.20. The Labute approximate surface area is 124 Å². The topological polar surface area (TPSA) is 55.8 Å². The summed E-state index contributed by atoms with van der Waals surface area (Å²) in [4.78, 5) is 25.9. The Morgan fingerprint density at radius 3 is 2.62 bits per heavy atom. The first kappa shape index (κ1) is 15.4. The number of ether oxygens (including phenoxy) is 2. The molecule has 1 fully saturated rings. The molecule has 1 aromatic carbocycles. The van der Waals surface area contributed by atoms with E-state index in [9.17, 15) is 9.59 Å². The van der Waals surface area contributed by atoms with Crippen molar-refractivity contribution in [1.29, 1.82) is 0 Å². The van der Waals surface area contributed by atoms with E-state index in [0.29, 0.717) is 26.0 Å². The van der Waals surface area contributed by atoms with Gasteiger partial charge < -0.3 is 14.4 Å². The van der Waals surface area contributed by atoms with Gasteiger partial charge >= 0.3 is 5.97 Å². The van der Waals surface area contributed by atoms with Gasteiger partial charge in [-0.2, -0.15) is 0 Å². The van der Waals surface area contributed by atoms with Gasteiger partial charge in [-0.3, -0.25) is 4.79 Å². The molecule has 5 nitrogen and oxygen atoms in total. The number of amides is 1. The molecule has 2 rings (SSSR count). The molecule has 1 unspecified atom stereocenters. The number of hydrogen-bond acceptors (Lipinski definition) is 4. The summed E-state index contributed by atoms with van der Waals surface area (Å²) in [5, 5.41) is 0. The first-order chi connectivity index (χ1) is 10.2. The summed E-state index contributed by atoms with van der Waals surface area (Å²) >= 11 is 0. The highest BCUT2D eigenvalue weighted by molar-refractivity contribution is 5.86. The van der Waals surface area contributed by atoms with Gasteiger partial charge in [0.05, 0.1) is 20.1 Å². The number of carbonyl (C=O) groups is 2. The van der Waals surface area contributed by atoms with Crippen molar-refractivity contribution >= 4 is 11.9 Å². The van der Waals surface area contributed by atoms with E-state index in [1.807, 2.05) is 24.3 Å². The lowest BCUT2D eigenvalue weighted by Gasteiger charge is -2.23. The number of benzene rings is 1. The van der Waals surface area contributed by atoms with Crippen molar-refractivity contribution in [2.24, 2.45) is 0 Å². The van der Waals surface area contributed by atoms with E-state index >= 15 is 0 Å². The van der Waals surface area contributed by atoms with Crippen molar-refractivity contribution in [3.05, 3.63) is 29.8 Å². The number of carbonyl (C=O) groups excluding carboxylic acids is 2. The molecule has 0 aromatic heterocycles. The fraction of sp³-hybridized carbons (Fsp3) is 0.500. The third-order valence-electron chi connectivity index (χ3n) is 3.65. The van der Waals surface area contributed by atoms with Crippen LogP contribution in [0.15, 0.2) is 24.3 Å². The predicted octanol–water partition coefficient (Wildman–Crippen LogP) is 1.79. The van der Waals surface area contributed by atoms with Gasteiger partial charge in [0.15, 0.2) is 0 Å². The number of likely N-dealkylation sites (tertiary alicyclic amines) is 1. The first-order valence-electron chi connectivity index (χ1n) is 7.24. The van der Waals surface area contributed by atoms with Crippen molar-refractivity contribution in [3.8, 4) is 5.75 Å². The summed E-state index contributed by atoms with van der Waals surface area (Å²) in [6, 6.07) is 6.97. The quantitative estimate of drug-likeness (QED) is 0.776. The Morgan fingerprint density at radius 1 is 1.29 bits per heavy atom. The SMILES string of the molecule is CCOC(=O)C1CCCN1C(=O)Cc1ccc(OC)cc1. The third kappa shape index (κ3) is 3.74. The molecule has 1 aliphatic heterocycles. The van der Waals surface area contributed by atoms with E-state index in [4.69, 9.17) is 9.47 Å². The van der Waals surface area contributed by atoms with E-state index in [2.05, 4.69) is 0 Å². The summed E-state index contributed by atoms with van der Waals surface area (Å²) in [5.41, 5.74) is 0.912. The molecule has 114 valence electrons. The highest BCUT2D eigenvalue weighted by Gasteiger charge is 2.34. The van der Waals surface area contributed by atoms with Gasteiger partial charge in [-0.25, -0.2) is 4.79 Å². The average Bonchev–Trinajstić information content (AvgIpc) is 2.98. The molecule has 0 radical (unpaired) electrons. The number of esters is 1. The van der Waals surface area contributed by atoms with Crippen LogP contribution in [0.25, 0.3) is 0 Å². The van der Waals surface area contributed by atoms with Crippen LogP contribution in [0.5, 0.6) is 5.75 Å². The van der Waals surface area contributed by atoms with Crippen LogP contribution >= 0.6 is 0 Å². The van der Waals surface area contributed by atoms with Crippen LogP contribution in [0.4, 0.5) is 0 Å². The molecule has 0 N–H and O–H groups in total. The van der Waals surface area contributed by atoms with Crippen molar-refractivity contribution in [3.63, 3.8) is 0 Å². The molecular formula is C16H21NO4. The summed E-state index contributed by atoms with van der Waals surface area (Å²) in [6.45, 7) is 2.74. The zero-order chi connectivity index (χ0) is 15.2. The van der Waals surface area contributed by atoms with E-state index in [-0.39, 0.29) is 11.9 Å². The third-order valence-corrected chi connectivity index (χ3v) is 3.65. The van der Waals surface area contributed by atoms with Gasteiger partial charge in [0, 0.05) is 6.54 Å². The lowest BCUT2D eigenvalue weighted by Crippen LogP contribution is -2.42. The largest absolute Gasteiger partial charge is 0.497 e. The smallest absolute Gasteiger partial charge is 0.328 e. The van der Waals surface area contributed by atoms with Crippen LogP contribution < -0.4 is 4.74 Å². The summed E-state index contributed by atoms with van der Waals surface area (Å²) in [7, 11) is 1.61. The maximum Gasteiger partial charge on any atom is 0.328 e. The fourth-order valence-electron chi connectivity index (χ4n) is 2.57. The summed E-state index contributed by atoms with van der Waals surface area (Å²) < 4.78 is 10.1. The molecule has 1 saturated heterocycles. The highest BCUT2D eigenvalue weighted by atomic mass is 16.5. The van der Waals surface area contributed by atoms with Crippen LogP contribution in [0.3, 0.4) is 0 Å². The van der Waals surface area contributed by atoms with Crippen molar-refractivity contribution in [1.82, 2.24) is 4.90 Å². The normalized spacial score (nSPS) is 17.6. The van der Waals surface area contributed by atoms with Gasteiger partial charge in [0.25, 0.3) is 0 Å². The second kappa shape index (κ2) is 7.11. The van der Waals surface area contributed by atoms with Gasteiger partial charge in [-0.1, -0.05) is 12.1 Å². The molecule has 1 atom stereocenters. The van der Waals surface area contributed by atoms with Crippen molar-refractivity contribution in [2.75, 3.05) is 20.3 Å². The molecule has 1 heterocycles. The Hall–Kier alpha value is -2.04. The Morgan fingerprint density at radius 2 is 2.00 bits per heavy atom. The van der Waals surface area contributed by atoms with E-state index in [1.54, 1.807) is 18.9 Å². The van der Waals surface area contributed by atoms with Crippen molar-refractivity contribution < 1.29 is 19.1 Å². The molecule has 0 saturated carbocycles. The molecule has 0 aliphatic carbocycles. The Bertz CT molecular complexity index is 498. The first-order valence-corrected chi connectivity index (χ1v) is 7.24. The standard InChI is InChI=1S/C16H21NO4/c1-3-21-16(19)14-5-4-10-17(14)15(18)11-12-6-8-13(20-2)9-7-12/h6-9,14H,3-5,10-11H2,1-2H3. The fourth-order valence-corrected chi connectivity index (χ4v) is 2.57. The van der Waals surface area contributed by atoms with Crippen LogP contribution in [0.1, 0.15) is 25.3 Å². The molecule has 1 amide bonds. The lowest BCUT2D eigenvalue weighted by atomic mass is 10.1. The number of methoxy groups -OCH3 is 1. The zero-order valence-corrected chi connectivity index (χ0v) is 12.5. The Balaban J connectivity index is 1.99. The average molecular weight is 291 g/mol. The Kier molecular flexibility index (Phi) is 5.20. The van der Waals surface area contributed by atoms with Gasteiger partial charge in [0.1, 0.15) is 11.8 Å². The van der Waals surface area contributed by atoms with E-state index in [1.165, 1.54) is 0 Å². The molecular weight excluding hydrogens is 270 g/mol. The minimum absolute atomic E-state index is 0.0317. The molecule has 0 bridgehead atoms. The molecule has 21 heavy (non-hydrogen) atoms. The van der Waals surface area contributed by atoms with Crippen LogP contribution in [-0.2, 0) is 20.7 Å². The zero-order valence-electron chi connectivity index (χ0n) is 12.5. The van der Waals surface area contributed by atoms with Gasteiger partial charge in [-0.15, -0.1) is 0 Å². The van der Waals surface area contributed by atoms with E-state index < -0.39 is 6.04 Å². The maximum absolute atomic E-state index is 12.4. The van der Waals surface area contributed by atoms with Crippen LogP contribution in [0, 0.1) is 0 Å². The predicted molar refractivity (Wildman–Crippen MR) is 78.1 cm³/mol. The molecule has 1 aromatic rings. The van der Waals surface area contributed by atoms with Crippen LogP contribution in [-0.4, -0.2) is 43.1 Å². The van der Waals surface area contributed by atoms with Gasteiger partial charge in [-0.05, 0) is 37.5 Å². The molecule has 5 heteroatoms. The minimum atomic E-state index is -0.421. The number of nitrogens with zero attached hydrogens (tertiary/aromatic N) is 1. The lowest BCUT2D eigenvalue weighted by molar-refractivity contribution is -0.152. The minimum Gasteiger partial charge on any atom is -0.497 e. The number of hydrogen-bond donors (Lipinski definition) is 0. The molecule has 1 aliphatic rings. The van der Waals surface area contributed by atoms with Gasteiger partial charge in [0.2, 0.25) is 5.91 Å². The van der Waals surface area contributed by atoms with E-state index in [0.717, 1.165) is 17.7 Å². The second-order valence-electron chi connectivity index (χ2n) is 5.02. The summed E-state index contributed by atoms with van der Waals surface area (Å²) in [5.74, 6) is 0.436. The monoisotopic (exact) mass is 291 g/mol. The maximum atomic E-state index is 12.4. The number of rotatable bonds is 5.